The average Bonchev–Trinajstić information content (AvgIpc) is 3.14. The van der Waals surface area contributed by atoms with E-state index in [9.17, 15) is 4.79 Å². The maximum Gasteiger partial charge on any atom is 0.252 e. The van der Waals surface area contributed by atoms with Gasteiger partial charge in [-0.2, -0.15) is 0 Å². The molecule has 3 aromatic rings. The fourth-order valence-electron chi connectivity index (χ4n) is 3.21. The number of hydrogen-bond donors (Lipinski definition) is 3. The number of aromatic nitrogens is 2. The number of nitrogens with one attached hydrogen (secondary N) is 1. The Bertz CT molecular complexity index is 948. The lowest BCUT2D eigenvalue weighted by Gasteiger charge is -2.14. The van der Waals surface area contributed by atoms with Crippen LogP contribution in [0.5, 0.6) is 0 Å². The van der Waals surface area contributed by atoms with Gasteiger partial charge in [-0.1, -0.05) is 24.3 Å². The second kappa shape index (κ2) is 5.01. The molecule has 0 fully saturated rings. The number of para-hydroxylation sites is 1. The topological polar surface area (TPSA) is 99.0 Å². The van der Waals surface area contributed by atoms with E-state index in [1.165, 1.54) is 0 Å². The van der Waals surface area contributed by atoms with Gasteiger partial charge in [-0.15, -0.1) is 0 Å². The van der Waals surface area contributed by atoms with Crippen LogP contribution >= 0.6 is 0 Å². The second-order valence-electron chi connectivity index (χ2n) is 5.79. The van der Waals surface area contributed by atoms with Gasteiger partial charge in [0.1, 0.15) is 11.5 Å². The smallest absolute Gasteiger partial charge is 0.252 e. The number of nitrogens with zero attached hydrogens (tertiary/aromatic N) is 2. The number of carbonyl (C=O) groups excluding carboxylic acids is 1. The molecule has 116 valence electrons. The number of hydrogen-bond acceptors (Lipinski definition) is 4. The van der Waals surface area contributed by atoms with E-state index in [1.807, 2.05) is 24.4 Å². The van der Waals surface area contributed by atoms with E-state index in [1.54, 1.807) is 6.07 Å². The van der Waals surface area contributed by atoms with Crippen LogP contribution in [0, 0.1) is 0 Å². The van der Waals surface area contributed by atoms with E-state index in [0.717, 1.165) is 34.9 Å². The fraction of sp³-hybridized carbons (Fsp3) is 0.176. The van der Waals surface area contributed by atoms with E-state index in [0.29, 0.717) is 6.04 Å². The molecule has 1 aliphatic heterocycles. The Hall–Kier alpha value is -3.02. The average molecular weight is 307 g/mol. The summed E-state index contributed by atoms with van der Waals surface area (Å²) in [5.41, 5.74) is 13.5. The number of carbonyl (C=O) groups is 1. The van der Waals surface area contributed by atoms with Crippen molar-refractivity contribution in [3.05, 3.63) is 48.2 Å². The van der Waals surface area contributed by atoms with Crippen LogP contribution in [-0.4, -0.2) is 21.5 Å². The number of anilines is 1. The molecule has 1 amide bonds. The minimum Gasteiger partial charge on any atom is -0.386 e. The Morgan fingerprint density at radius 3 is 2.91 bits per heavy atom. The minimum absolute atomic E-state index is 0.173. The monoisotopic (exact) mass is 307 g/mol. The Kier molecular flexibility index (Phi) is 2.97. The molecule has 1 atom stereocenters. The molecule has 0 radical (unpaired) electrons. The summed E-state index contributed by atoms with van der Waals surface area (Å²) in [4.78, 5) is 16.0. The molecule has 0 spiro atoms. The molecule has 1 unspecified atom stereocenters. The van der Waals surface area contributed by atoms with Gasteiger partial charge in [0.25, 0.3) is 5.91 Å². The highest BCUT2D eigenvalue weighted by atomic mass is 16.1. The normalized spacial score (nSPS) is 17.0. The number of benzene rings is 1. The van der Waals surface area contributed by atoms with E-state index in [4.69, 9.17) is 11.5 Å². The molecule has 2 aromatic heterocycles. The molecule has 5 N–H and O–H groups in total. The zero-order valence-electron chi connectivity index (χ0n) is 12.5. The fourth-order valence-corrected chi connectivity index (χ4v) is 3.21. The summed E-state index contributed by atoms with van der Waals surface area (Å²) in [6.45, 7) is 0.777. The van der Waals surface area contributed by atoms with Crippen LogP contribution in [0.1, 0.15) is 16.8 Å². The standard InChI is InChI=1S/C17H17N5O/c18-15-13(16(19)23)8-12-11-5-1-2-6-14(11)22(17(12)21-15)9-10-4-3-7-20-10/h1-3,5-8,10,20H,4,9H2,(H2,18,21)(H2,19,23). The molecule has 0 bridgehead atoms. The first kappa shape index (κ1) is 13.6. The molecule has 0 saturated carbocycles. The second-order valence-corrected chi connectivity index (χ2v) is 5.79. The molecule has 1 aromatic carbocycles. The first-order valence-electron chi connectivity index (χ1n) is 7.53. The van der Waals surface area contributed by atoms with Crippen LogP contribution in [0.4, 0.5) is 5.82 Å². The van der Waals surface area contributed by atoms with Gasteiger partial charge in [0.2, 0.25) is 0 Å². The largest absolute Gasteiger partial charge is 0.386 e. The highest BCUT2D eigenvalue weighted by Gasteiger charge is 2.19. The number of amides is 1. The molecule has 0 aliphatic carbocycles. The summed E-state index contributed by atoms with van der Waals surface area (Å²) in [5.74, 6) is -0.387. The van der Waals surface area contributed by atoms with Crippen LogP contribution in [-0.2, 0) is 6.54 Å². The number of fused-ring (bicyclic) bond motifs is 3. The van der Waals surface area contributed by atoms with Crippen molar-refractivity contribution in [2.24, 2.45) is 5.73 Å². The summed E-state index contributed by atoms with van der Waals surface area (Å²) in [7, 11) is 0. The van der Waals surface area contributed by atoms with Gasteiger partial charge in [-0.05, 0) is 24.8 Å². The van der Waals surface area contributed by atoms with Gasteiger partial charge in [0.05, 0.1) is 11.1 Å². The Morgan fingerprint density at radius 2 is 2.17 bits per heavy atom. The summed E-state index contributed by atoms with van der Waals surface area (Å²) < 4.78 is 2.15. The van der Waals surface area contributed by atoms with Crippen molar-refractivity contribution >= 4 is 33.7 Å². The maximum atomic E-state index is 11.6. The third kappa shape index (κ3) is 2.11. The van der Waals surface area contributed by atoms with Gasteiger partial charge in [0.15, 0.2) is 0 Å². The third-order valence-electron chi connectivity index (χ3n) is 4.31. The van der Waals surface area contributed by atoms with E-state index in [-0.39, 0.29) is 11.4 Å². The van der Waals surface area contributed by atoms with Crippen LogP contribution in [0.25, 0.3) is 21.9 Å². The van der Waals surface area contributed by atoms with Crippen molar-refractivity contribution in [1.29, 1.82) is 0 Å². The SMILES string of the molecule is NC(=O)c1cc2c3ccccc3n(CC3CC=CN3)c2nc1N. The lowest BCUT2D eigenvalue weighted by Crippen LogP contribution is -2.25. The van der Waals surface area contributed by atoms with Crippen LogP contribution in [0.3, 0.4) is 0 Å². The molecular formula is C17H17N5O. The van der Waals surface area contributed by atoms with Crippen LogP contribution < -0.4 is 16.8 Å². The van der Waals surface area contributed by atoms with Crippen molar-refractivity contribution in [3.63, 3.8) is 0 Å². The van der Waals surface area contributed by atoms with Gasteiger partial charge in [0, 0.05) is 23.4 Å². The number of rotatable bonds is 3. The van der Waals surface area contributed by atoms with Gasteiger partial charge < -0.3 is 21.4 Å². The quantitative estimate of drug-likeness (QED) is 0.686. The lowest BCUT2D eigenvalue weighted by atomic mass is 10.1. The van der Waals surface area contributed by atoms with E-state index in [2.05, 4.69) is 27.0 Å². The van der Waals surface area contributed by atoms with Gasteiger partial charge in [-0.3, -0.25) is 4.79 Å². The van der Waals surface area contributed by atoms with Gasteiger partial charge >= 0.3 is 0 Å². The van der Waals surface area contributed by atoms with E-state index >= 15 is 0 Å². The highest BCUT2D eigenvalue weighted by Crippen LogP contribution is 2.30. The van der Waals surface area contributed by atoms with Crippen LogP contribution in [0.15, 0.2) is 42.6 Å². The van der Waals surface area contributed by atoms with E-state index < -0.39 is 5.91 Å². The van der Waals surface area contributed by atoms with Crippen molar-refractivity contribution in [2.45, 2.75) is 19.0 Å². The van der Waals surface area contributed by atoms with Crippen molar-refractivity contribution < 1.29 is 4.79 Å². The molecular weight excluding hydrogens is 290 g/mol. The number of nitrogens with two attached hydrogens (primary N) is 2. The molecule has 0 saturated heterocycles. The number of pyridine rings is 1. The zero-order chi connectivity index (χ0) is 16.0. The molecule has 6 nitrogen and oxygen atoms in total. The lowest BCUT2D eigenvalue weighted by molar-refractivity contribution is 0.100. The van der Waals surface area contributed by atoms with Crippen molar-refractivity contribution in [2.75, 3.05) is 5.73 Å². The zero-order valence-corrected chi connectivity index (χ0v) is 12.5. The first-order valence-corrected chi connectivity index (χ1v) is 7.53. The number of nitrogen functional groups attached to an aromatic ring is 1. The predicted octanol–water partition coefficient (Wildman–Crippen LogP) is 1.75. The summed E-state index contributed by atoms with van der Waals surface area (Å²) >= 11 is 0. The predicted molar refractivity (Wildman–Crippen MR) is 90.9 cm³/mol. The minimum atomic E-state index is -0.560. The number of primary amides is 1. The molecule has 6 heteroatoms. The first-order chi connectivity index (χ1) is 11.1. The van der Waals surface area contributed by atoms with Crippen LogP contribution in [0.2, 0.25) is 0 Å². The summed E-state index contributed by atoms with van der Waals surface area (Å²) in [5, 5.41) is 5.28. The summed E-state index contributed by atoms with van der Waals surface area (Å²) in [6.07, 6.45) is 5.07. The third-order valence-corrected chi connectivity index (χ3v) is 4.31. The maximum absolute atomic E-state index is 11.6. The Labute approximate surface area is 132 Å². The molecule has 3 heterocycles. The van der Waals surface area contributed by atoms with Gasteiger partial charge in [-0.25, -0.2) is 4.98 Å². The highest BCUT2D eigenvalue weighted by molar-refractivity contribution is 6.10. The molecule has 23 heavy (non-hydrogen) atoms. The Balaban J connectivity index is 1.98. The summed E-state index contributed by atoms with van der Waals surface area (Å²) in [6, 6.07) is 10.1. The molecule has 4 rings (SSSR count). The van der Waals surface area contributed by atoms with Crippen molar-refractivity contribution in [3.8, 4) is 0 Å². The Morgan fingerprint density at radius 1 is 1.35 bits per heavy atom. The molecule has 1 aliphatic rings. The van der Waals surface area contributed by atoms with Crippen molar-refractivity contribution in [1.82, 2.24) is 14.9 Å².